The molecule has 0 aliphatic heterocycles. The molecule has 0 aromatic heterocycles. The van der Waals surface area contributed by atoms with E-state index < -0.39 is 23.8 Å². The lowest BCUT2D eigenvalue weighted by Crippen LogP contribution is -2.53. The van der Waals surface area contributed by atoms with E-state index in [9.17, 15) is 14.4 Å². The normalized spacial score (nSPS) is 12.8. The number of anilines is 1. The summed E-state index contributed by atoms with van der Waals surface area (Å²) in [5.41, 5.74) is 3.58. The van der Waals surface area contributed by atoms with Crippen molar-refractivity contribution in [3.8, 4) is 0 Å². The van der Waals surface area contributed by atoms with Crippen molar-refractivity contribution >= 4 is 36.2 Å². The van der Waals surface area contributed by atoms with Crippen LogP contribution in [0, 0.1) is 20.8 Å². The summed E-state index contributed by atoms with van der Waals surface area (Å²) < 4.78 is 5.41. The lowest BCUT2D eigenvalue weighted by Gasteiger charge is -2.34. The largest absolute Gasteiger partial charge is 0.444 e. The van der Waals surface area contributed by atoms with Gasteiger partial charge in [-0.15, -0.1) is 0 Å². The highest BCUT2D eigenvalue weighted by atomic mass is 32.1. The lowest BCUT2D eigenvalue weighted by molar-refractivity contribution is -0.140. The molecule has 7 nitrogen and oxygen atoms in total. The molecule has 0 heterocycles. The lowest BCUT2D eigenvalue weighted by atomic mass is 9.99. The number of aryl methyl sites for hydroxylation is 3. The SMILES string of the molecule is CCCCCCCN(C(=O)C(CS)NC(=O)OC(C)(C)C)C(C(=O)Nc1c(C)cccc1C)c1cccc(C)c1. The summed E-state index contributed by atoms with van der Waals surface area (Å²) in [5, 5.41) is 5.79. The molecule has 2 rings (SSSR count). The smallest absolute Gasteiger partial charge is 0.408 e. The molecule has 2 atom stereocenters. The Kier molecular flexibility index (Phi) is 13.0. The number of para-hydroxylation sites is 1. The summed E-state index contributed by atoms with van der Waals surface area (Å²) in [6.07, 6.45) is 4.23. The minimum Gasteiger partial charge on any atom is -0.444 e. The molecule has 0 bridgehead atoms. The number of ether oxygens (including phenoxy) is 1. The summed E-state index contributed by atoms with van der Waals surface area (Å²) in [4.78, 5) is 42.4. The van der Waals surface area contributed by atoms with Crippen molar-refractivity contribution in [2.45, 2.75) is 98.3 Å². The van der Waals surface area contributed by atoms with Gasteiger partial charge in [0.25, 0.3) is 5.91 Å². The van der Waals surface area contributed by atoms with Gasteiger partial charge in [-0.2, -0.15) is 12.6 Å². The number of hydrogen-bond donors (Lipinski definition) is 3. The number of nitrogens with zero attached hydrogens (tertiary/aromatic N) is 1. The van der Waals surface area contributed by atoms with E-state index in [2.05, 4.69) is 30.2 Å². The molecule has 8 heteroatoms. The number of carbonyl (C=O) groups is 3. The maximum Gasteiger partial charge on any atom is 0.408 e. The summed E-state index contributed by atoms with van der Waals surface area (Å²) >= 11 is 4.39. The van der Waals surface area contributed by atoms with Crippen LogP contribution in [0.1, 0.15) is 88.1 Å². The predicted octanol–water partition coefficient (Wildman–Crippen LogP) is 6.91. The van der Waals surface area contributed by atoms with Crippen molar-refractivity contribution in [1.29, 1.82) is 0 Å². The number of amides is 3. The molecule has 0 radical (unpaired) electrons. The van der Waals surface area contributed by atoms with Gasteiger partial charge in [0, 0.05) is 18.0 Å². The number of rotatable bonds is 13. The minimum atomic E-state index is -0.964. The first kappa shape index (κ1) is 33.2. The Labute approximate surface area is 245 Å². The molecule has 40 heavy (non-hydrogen) atoms. The zero-order valence-electron chi connectivity index (χ0n) is 25.2. The van der Waals surface area contributed by atoms with Crippen LogP contribution in [0.5, 0.6) is 0 Å². The number of benzene rings is 2. The molecule has 0 aliphatic carbocycles. The Balaban J connectivity index is 2.50. The fourth-order valence-corrected chi connectivity index (χ4v) is 4.85. The fraction of sp³-hybridized carbons (Fsp3) is 0.531. The number of nitrogens with one attached hydrogen (secondary N) is 2. The first-order valence-electron chi connectivity index (χ1n) is 14.2. The van der Waals surface area contributed by atoms with E-state index in [1.54, 1.807) is 25.7 Å². The highest BCUT2D eigenvalue weighted by molar-refractivity contribution is 7.80. The Morgan fingerprint density at radius 1 is 0.950 bits per heavy atom. The summed E-state index contributed by atoms with van der Waals surface area (Å²) in [6, 6.07) is 11.6. The van der Waals surface area contributed by atoms with Crippen LogP contribution in [-0.4, -0.2) is 46.7 Å². The Hall–Kier alpha value is -3.00. The Morgan fingerprint density at radius 2 is 1.57 bits per heavy atom. The molecule has 2 aromatic rings. The average Bonchev–Trinajstić information content (AvgIpc) is 2.87. The third kappa shape index (κ3) is 10.2. The zero-order valence-corrected chi connectivity index (χ0v) is 26.1. The molecular formula is C32H47N3O4S. The van der Waals surface area contributed by atoms with E-state index >= 15 is 0 Å². The van der Waals surface area contributed by atoms with Gasteiger partial charge < -0.3 is 20.3 Å². The highest BCUT2D eigenvalue weighted by Gasteiger charge is 2.36. The molecule has 2 N–H and O–H groups in total. The molecule has 0 spiro atoms. The van der Waals surface area contributed by atoms with Gasteiger partial charge in [-0.3, -0.25) is 9.59 Å². The van der Waals surface area contributed by atoms with Gasteiger partial charge in [0.1, 0.15) is 17.7 Å². The third-order valence-electron chi connectivity index (χ3n) is 6.60. The molecular weight excluding hydrogens is 522 g/mol. The van der Waals surface area contributed by atoms with Crippen molar-refractivity contribution in [3.63, 3.8) is 0 Å². The number of thiol groups is 1. The maximum atomic E-state index is 14.1. The van der Waals surface area contributed by atoms with Gasteiger partial charge in [-0.25, -0.2) is 4.79 Å². The predicted molar refractivity (Wildman–Crippen MR) is 166 cm³/mol. The van der Waals surface area contributed by atoms with E-state index in [1.165, 1.54) is 0 Å². The van der Waals surface area contributed by atoms with E-state index in [-0.39, 0.29) is 17.6 Å². The number of hydrogen-bond acceptors (Lipinski definition) is 5. The van der Waals surface area contributed by atoms with Crippen LogP contribution in [0.2, 0.25) is 0 Å². The monoisotopic (exact) mass is 569 g/mol. The maximum absolute atomic E-state index is 14.1. The van der Waals surface area contributed by atoms with E-state index in [0.29, 0.717) is 12.1 Å². The summed E-state index contributed by atoms with van der Waals surface area (Å²) in [7, 11) is 0. The average molecular weight is 570 g/mol. The molecule has 220 valence electrons. The van der Waals surface area contributed by atoms with Gasteiger partial charge in [-0.1, -0.05) is 80.6 Å². The first-order chi connectivity index (χ1) is 18.9. The molecule has 0 aliphatic rings. The second kappa shape index (κ2) is 15.7. The van der Waals surface area contributed by atoms with Gasteiger partial charge in [0.15, 0.2) is 0 Å². The molecule has 0 saturated carbocycles. The molecule has 0 saturated heterocycles. The van der Waals surface area contributed by atoms with E-state index in [1.807, 2.05) is 63.2 Å². The highest BCUT2D eigenvalue weighted by Crippen LogP contribution is 2.28. The van der Waals surface area contributed by atoms with Gasteiger partial charge >= 0.3 is 6.09 Å². The third-order valence-corrected chi connectivity index (χ3v) is 6.97. The van der Waals surface area contributed by atoms with Gasteiger partial charge in [0.2, 0.25) is 5.91 Å². The van der Waals surface area contributed by atoms with Crippen molar-refractivity contribution in [1.82, 2.24) is 10.2 Å². The summed E-state index contributed by atoms with van der Waals surface area (Å²) in [5.74, 6) is -0.622. The standard InChI is InChI=1S/C32H47N3O4S/c1-8-9-10-11-12-19-35(30(37)26(21-40)33-31(38)39-32(5,6)7)28(25-18-13-15-22(2)20-25)29(36)34-27-23(3)16-14-17-24(27)4/h13-18,20,26,28,40H,8-12,19,21H2,1-7H3,(H,33,38)(H,34,36). The number of carbonyl (C=O) groups excluding carboxylic acids is 3. The second-order valence-corrected chi connectivity index (χ2v) is 11.8. The molecule has 2 unspecified atom stereocenters. The van der Waals surface area contributed by atoms with Crippen LogP contribution in [-0.2, 0) is 14.3 Å². The van der Waals surface area contributed by atoms with Crippen molar-refractivity contribution in [2.75, 3.05) is 17.6 Å². The Bertz CT molecular complexity index is 1120. The molecule has 2 aromatic carbocycles. The topological polar surface area (TPSA) is 87.7 Å². The molecule has 3 amide bonds. The first-order valence-corrected chi connectivity index (χ1v) is 14.9. The van der Waals surface area contributed by atoms with Crippen molar-refractivity contribution < 1.29 is 19.1 Å². The van der Waals surface area contributed by atoms with Crippen LogP contribution >= 0.6 is 12.6 Å². The van der Waals surface area contributed by atoms with Crippen LogP contribution < -0.4 is 10.6 Å². The van der Waals surface area contributed by atoms with Crippen LogP contribution in [0.15, 0.2) is 42.5 Å². The van der Waals surface area contributed by atoms with Crippen LogP contribution in [0.25, 0.3) is 0 Å². The van der Waals surface area contributed by atoms with Crippen LogP contribution in [0.3, 0.4) is 0 Å². The van der Waals surface area contributed by atoms with Gasteiger partial charge in [-0.05, 0) is 64.7 Å². The second-order valence-electron chi connectivity index (χ2n) is 11.4. The number of unbranched alkanes of at least 4 members (excludes halogenated alkanes) is 4. The van der Waals surface area contributed by atoms with Crippen LogP contribution in [0.4, 0.5) is 10.5 Å². The fourth-order valence-electron chi connectivity index (χ4n) is 4.60. The van der Waals surface area contributed by atoms with E-state index in [4.69, 9.17) is 4.74 Å². The van der Waals surface area contributed by atoms with E-state index in [0.717, 1.165) is 54.5 Å². The Morgan fingerprint density at radius 3 is 2.15 bits per heavy atom. The van der Waals surface area contributed by atoms with Gasteiger partial charge in [0.05, 0.1) is 0 Å². The van der Waals surface area contributed by atoms with Crippen molar-refractivity contribution in [3.05, 3.63) is 64.7 Å². The summed E-state index contributed by atoms with van der Waals surface area (Å²) in [6.45, 7) is 13.7. The number of alkyl carbamates (subject to hydrolysis) is 1. The quantitative estimate of drug-likeness (QED) is 0.181. The minimum absolute atomic E-state index is 0.0590. The van der Waals surface area contributed by atoms with Crippen molar-refractivity contribution in [2.24, 2.45) is 0 Å². The molecule has 0 fully saturated rings. The zero-order chi connectivity index (χ0) is 29.9.